The second kappa shape index (κ2) is 14.3. The number of nitrogens with zero attached hydrogens (tertiary/aromatic N) is 1. The van der Waals surface area contributed by atoms with E-state index < -0.39 is 47.9 Å². The van der Waals surface area contributed by atoms with Crippen LogP contribution in [0.2, 0.25) is 0 Å². The molecule has 1 aromatic rings. The zero-order valence-electron chi connectivity index (χ0n) is 22.0. The Balaban J connectivity index is 1.62. The van der Waals surface area contributed by atoms with E-state index in [0.29, 0.717) is 6.42 Å². The van der Waals surface area contributed by atoms with Gasteiger partial charge in [-0.2, -0.15) is 0 Å². The SMILES string of the molecule is CO[C@H](C(=O)N1C(=O)O[C@H](c2ccccc2)[C@@H]1C)[C@@H]1O[C@](O)(CCCCCCCCCCO)C(Br)=CC1=O. The van der Waals surface area contributed by atoms with Gasteiger partial charge in [0.05, 0.1) is 10.5 Å². The van der Waals surface area contributed by atoms with E-state index in [9.17, 15) is 19.5 Å². The Kier molecular flexibility index (Phi) is 11.5. The van der Waals surface area contributed by atoms with E-state index in [1.807, 2.05) is 30.3 Å². The first-order valence-corrected chi connectivity index (χ1v) is 14.1. The van der Waals surface area contributed by atoms with Crippen LogP contribution in [0.1, 0.15) is 76.4 Å². The second-order valence-electron chi connectivity index (χ2n) is 9.84. The number of unbranched alkanes of at least 4 members (excludes halogenated alkanes) is 7. The normalized spacial score (nSPS) is 26.3. The maximum absolute atomic E-state index is 13.5. The number of hydrogen-bond acceptors (Lipinski definition) is 8. The molecule has 0 aromatic heterocycles. The Bertz CT molecular complexity index is 986. The van der Waals surface area contributed by atoms with Gasteiger partial charge in [-0.3, -0.25) is 9.59 Å². The molecule has 2 amide bonds. The van der Waals surface area contributed by atoms with Crippen molar-refractivity contribution in [3.8, 4) is 0 Å². The first kappa shape index (κ1) is 30.4. The predicted molar refractivity (Wildman–Crippen MR) is 143 cm³/mol. The molecule has 10 heteroatoms. The molecule has 210 valence electrons. The van der Waals surface area contributed by atoms with E-state index in [-0.39, 0.29) is 17.5 Å². The topological polar surface area (TPSA) is 123 Å². The first-order chi connectivity index (χ1) is 18.2. The van der Waals surface area contributed by atoms with Crippen LogP contribution in [0, 0.1) is 0 Å². The number of cyclic esters (lactones) is 1. The van der Waals surface area contributed by atoms with E-state index in [0.717, 1.165) is 55.4 Å². The summed E-state index contributed by atoms with van der Waals surface area (Å²) in [6.45, 7) is 1.92. The van der Waals surface area contributed by atoms with Crippen LogP contribution in [0.15, 0.2) is 40.9 Å². The van der Waals surface area contributed by atoms with Gasteiger partial charge in [-0.05, 0) is 47.3 Å². The third kappa shape index (κ3) is 7.30. The summed E-state index contributed by atoms with van der Waals surface area (Å²) in [5, 5.41) is 20.1. The van der Waals surface area contributed by atoms with Crippen molar-refractivity contribution in [1.29, 1.82) is 0 Å². The van der Waals surface area contributed by atoms with Crippen LogP contribution >= 0.6 is 15.9 Å². The maximum atomic E-state index is 13.5. The van der Waals surface area contributed by atoms with Gasteiger partial charge in [0.1, 0.15) is 6.10 Å². The lowest BCUT2D eigenvalue weighted by atomic mass is 9.97. The standard InChI is InChI=1S/C28H38BrNO8/c1-19-23(20-14-10-9-11-15-20)37-27(34)30(19)26(33)25(36-2)24-21(32)18-22(29)28(35,38-24)16-12-7-5-3-4-6-8-13-17-31/h9-11,14-15,18-19,23-25,31,35H,3-8,12-13,16-17H2,1-2H3/t19-,23-,24+,25-,28+/m0/s1. The van der Waals surface area contributed by atoms with Crippen molar-refractivity contribution < 1.29 is 38.8 Å². The van der Waals surface area contributed by atoms with E-state index in [1.54, 1.807) is 6.92 Å². The number of amides is 2. The molecule has 1 fully saturated rings. The number of aliphatic hydroxyl groups is 2. The van der Waals surface area contributed by atoms with Gasteiger partial charge >= 0.3 is 6.09 Å². The zero-order valence-corrected chi connectivity index (χ0v) is 23.6. The number of imide groups is 1. The highest BCUT2D eigenvalue weighted by Gasteiger charge is 2.51. The number of halogens is 1. The van der Waals surface area contributed by atoms with Crippen LogP contribution < -0.4 is 0 Å². The zero-order chi connectivity index (χ0) is 27.7. The van der Waals surface area contributed by atoms with Crippen molar-refractivity contribution in [3.63, 3.8) is 0 Å². The van der Waals surface area contributed by atoms with E-state index in [2.05, 4.69) is 15.9 Å². The fraction of sp³-hybridized carbons (Fsp3) is 0.607. The molecule has 0 bridgehead atoms. The minimum atomic E-state index is -1.79. The number of aliphatic hydroxyl groups excluding tert-OH is 1. The second-order valence-corrected chi connectivity index (χ2v) is 10.7. The van der Waals surface area contributed by atoms with Gasteiger partial charge in [-0.15, -0.1) is 0 Å². The molecule has 2 aliphatic rings. The van der Waals surface area contributed by atoms with Gasteiger partial charge in [-0.1, -0.05) is 68.9 Å². The summed E-state index contributed by atoms with van der Waals surface area (Å²) in [6, 6.07) is 8.45. The molecule has 1 aromatic carbocycles. The molecule has 38 heavy (non-hydrogen) atoms. The van der Waals surface area contributed by atoms with Crippen molar-refractivity contribution in [1.82, 2.24) is 4.90 Å². The Labute approximate surface area is 232 Å². The Morgan fingerprint density at radius 1 is 1.08 bits per heavy atom. The maximum Gasteiger partial charge on any atom is 0.417 e. The van der Waals surface area contributed by atoms with Crippen molar-refractivity contribution in [3.05, 3.63) is 46.5 Å². The van der Waals surface area contributed by atoms with Gasteiger partial charge in [0.15, 0.2) is 23.8 Å². The molecule has 2 N–H and O–H groups in total. The quantitative estimate of drug-likeness (QED) is 0.300. The van der Waals surface area contributed by atoms with Crippen LogP contribution in [0.25, 0.3) is 0 Å². The number of benzene rings is 1. The van der Waals surface area contributed by atoms with Gasteiger partial charge in [0.25, 0.3) is 5.91 Å². The number of carbonyl (C=O) groups is 3. The average Bonchev–Trinajstić information content (AvgIpc) is 3.20. The smallest absolute Gasteiger partial charge is 0.417 e. The molecule has 3 rings (SSSR count). The molecule has 0 spiro atoms. The molecule has 1 saturated heterocycles. The predicted octanol–water partition coefficient (Wildman–Crippen LogP) is 4.55. The first-order valence-electron chi connectivity index (χ1n) is 13.3. The molecule has 0 radical (unpaired) electrons. The summed E-state index contributed by atoms with van der Waals surface area (Å²) < 4.78 is 16.9. The van der Waals surface area contributed by atoms with Gasteiger partial charge < -0.3 is 24.4 Å². The van der Waals surface area contributed by atoms with Crippen molar-refractivity contribution in [2.75, 3.05) is 13.7 Å². The lowest BCUT2D eigenvalue weighted by molar-refractivity contribution is -0.227. The van der Waals surface area contributed by atoms with E-state index in [1.165, 1.54) is 13.2 Å². The molecular formula is C28H38BrNO8. The molecule has 0 unspecified atom stereocenters. The van der Waals surface area contributed by atoms with Crippen molar-refractivity contribution >= 4 is 33.7 Å². The van der Waals surface area contributed by atoms with Gasteiger partial charge in [0.2, 0.25) is 0 Å². The Morgan fingerprint density at radius 2 is 1.68 bits per heavy atom. The Hall–Kier alpha value is -2.11. The van der Waals surface area contributed by atoms with Crippen LogP contribution in [0.3, 0.4) is 0 Å². The summed E-state index contributed by atoms with van der Waals surface area (Å²) in [4.78, 5) is 40.0. The average molecular weight is 597 g/mol. The fourth-order valence-corrected chi connectivity index (χ4v) is 5.42. The summed E-state index contributed by atoms with van der Waals surface area (Å²) in [5.74, 6) is -3.11. The highest BCUT2D eigenvalue weighted by molar-refractivity contribution is 9.11. The number of rotatable bonds is 14. The molecule has 5 atom stereocenters. The third-order valence-electron chi connectivity index (χ3n) is 7.08. The largest absolute Gasteiger partial charge is 0.439 e. The molecule has 2 aliphatic heterocycles. The number of ether oxygens (including phenoxy) is 3. The van der Waals surface area contributed by atoms with Crippen molar-refractivity contribution in [2.24, 2.45) is 0 Å². The number of methoxy groups -OCH3 is 1. The molecule has 0 aliphatic carbocycles. The fourth-order valence-electron chi connectivity index (χ4n) is 4.91. The van der Waals surface area contributed by atoms with E-state index in [4.69, 9.17) is 19.3 Å². The van der Waals surface area contributed by atoms with Gasteiger partial charge in [-0.25, -0.2) is 9.69 Å². The summed E-state index contributed by atoms with van der Waals surface area (Å²) in [7, 11) is 1.26. The summed E-state index contributed by atoms with van der Waals surface area (Å²) in [5.41, 5.74) is 0.744. The van der Waals surface area contributed by atoms with Crippen molar-refractivity contribution in [2.45, 2.75) is 94.9 Å². The third-order valence-corrected chi connectivity index (χ3v) is 7.92. The highest BCUT2D eigenvalue weighted by Crippen LogP contribution is 2.38. The summed E-state index contributed by atoms with van der Waals surface area (Å²) >= 11 is 3.26. The molecule has 0 saturated carbocycles. The Morgan fingerprint density at radius 3 is 2.29 bits per heavy atom. The molecule has 2 heterocycles. The van der Waals surface area contributed by atoms with Crippen LogP contribution in [0.4, 0.5) is 4.79 Å². The monoisotopic (exact) mass is 595 g/mol. The van der Waals surface area contributed by atoms with E-state index >= 15 is 0 Å². The number of hydrogen-bond donors (Lipinski definition) is 2. The van der Waals surface area contributed by atoms with Crippen LogP contribution in [-0.4, -0.2) is 70.7 Å². The number of ketones is 1. The minimum absolute atomic E-state index is 0.190. The lowest BCUT2D eigenvalue weighted by Crippen LogP contribution is -2.56. The van der Waals surface area contributed by atoms with Gasteiger partial charge in [0, 0.05) is 20.1 Å². The van der Waals surface area contributed by atoms with Crippen LogP contribution in [-0.2, 0) is 23.8 Å². The minimum Gasteiger partial charge on any atom is -0.439 e. The molecule has 9 nitrogen and oxygen atoms in total. The molecular weight excluding hydrogens is 558 g/mol. The lowest BCUT2D eigenvalue weighted by Gasteiger charge is -2.38. The van der Waals surface area contributed by atoms with Crippen LogP contribution in [0.5, 0.6) is 0 Å². The summed E-state index contributed by atoms with van der Waals surface area (Å²) in [6.07, 6.45) is 4.70. The highest BCUT2D eigenvalue weighted by atomic mass is 79.9. The number of carbonyl (C=O) groups excluding carboxylic acids is 3.